The summed E-state index contributed by atoms with van der Waals surface area (Å²) in [5.74, 6) is 0.515. The van der Waals surface area contributed by atoms with Gasteiger partial charge in [0.2, 0.25) is 5.91 Å². The largest absolute Gasteiger partial charge is 0.353 e. The van der Waals surface area contributed by atoms with Gasteiger partial charge in [0.15, 0.2) is 0 Å². The van der Waals surface area contributed by atoms with Gasteiger partial charge in [-0.25, -0.2) is 0 Å². The second kappa shape index (κ2) is 8.94. The Kier molecular flexibility index (Phi) is 8.44. The number of rotatable bonds is 6. The van der Waals surface area contributed by atoms with Crippen LogP contribution in [0.3, 0.4) is 0 Å². The molecule has 0 bridgehead atoms. The average Bonchev–Trinajstić information content (AvgIpc) is 2.38. The lowest BCUT2D eigenvalue weighted by atomic mass is 10.00. The second-order valence-electron chi connectivity index (χ2n) is 4.96. The fourth-order valence-electron chi connectivity index (χ4n) is 1.83. The van der Waals surface area contributed by atoms with Crippen molar-refractivity contribution in [1.82, 2.24) is 5.32 Å². The van der Waals surface area contributed by atoms with Crippen LogP contribution in [-0.2, 0) is 4.79 Å². The van der Waals surface area contributed by atoms with Gasteiger partial charge in [-0.1, -0.05) is 50.6 Å². The van der Waals surface area contributed by atoms with Crippen molar-refractivity contribution in [1.29, 1.82) is 0 Å². The molecule has 108 valence electrons. The van der Waals surface area contributed by atoms with Crippen molar-refractivity contribution in [2.75, 3.05) is 0 Å². The predicted octanol–water partition coefficient (Wildman–Crippen LogP) is 3.05. The van der Waals surface area contributed by atoms with Gasteiger partial charge in [0.05, 0.1) is 0 Å². The van der Waals surface area contributed by atoms with Gasteiger partial charge in [0.1, 0.15) is 0 Å². The Bertz CT molecular complexity index is 370. The van der Waals surface area contributed by atoms with E-state index in [4.69, 9.17) is 5.73 Å². The number of carbonyl (C=O) groups is 1. The normalized spacial score (nSPS) is 14.9. The van der Waals surface area contributed by atoms with E-state index < -0.39 is 0 Å². The van der Waals surface area contributed by atoms with E-state index in [1.807, 2.05) is 37.3 Å². The molecule has 0 spiro atoms. The van der Waals surface area contributed by atoms with Crippen LogP contribution in [0.5, 0.6) is 0 Å². The van der Waals surface area contributed by atoms with Crippen molar-refractivity contribution in [2.45, 2.75) is 45.7 Å². The maximum atomic E-state index is 11.9. The highest BCUT2D eigenvalue weighted by Gasteiger charge is 2.16. The quantitative estimate of drug-likeness (QED) is 0.843. The van der Waals surface area contributed by atoms with Crippen molar-refractivity contribution in [3.63, 3.8) is 0 Å². The molecule has 0 aromatic heterocycles. The second-order valence-corrected chi connectivity index (χ2v) is 4.96. The molecule has 0 aliphatic carbocycles. The van der Waals surface area contributed by atoms with Crippen LogP contribution in [0.2, 0.25) is 0 Å². The molecule has 1 aromatic rings. The zero-order valence-corrected chi connectivity index (χ0v) is 12.7. The Hall–Kier alpha value is -1.06. The Morgan fingerprint density at radius 3 is 2.37 bits per heavy atom. The number of hydrogen-bond acceptors (Lipinski definition) is 2. The predicted molar refractivity (Wildman–Crippen MR) is 82.3 cm³/mol. The van der Waals surface area contributed by atoms with E-state index in [0.29, 0.717) is 12.3 Å². The summed E-state index contributed by atoms with van der Waals surface area (Å²) >= 11 is 0. The molecule has 1 rings (SSSR count). The average molecular weight is 285 g/mol. The zero-order valence-electron chi connectivity index (χ0n) is 11.9. The summed E-state index contributed by atoms with van der Waals surface area (Å²) in [6.07, 6.45) is 1.40. The molecule has 0 aliphatic rings. The molecule has 0 heterocycles. The van der Waals surface area contributed by atoms with Gasteiger partial charge in [-0.05, 0) is 18.4 Å². The molecular formula is C15H25ClN2O. The molecule has 4 heteroatoms. The summed E-state index contributed by atoms with van der Waals surface area (Å²) in [6, 6.07) is 9.71. The lowest BCUT2D eigenvalue weighted by Crippen LogP contribution is -2.38. The SMILES string of the molecule is CCC(C)C(C)NC(=O)CC(N)c1ccccc1.Cl. The van der Waals surface area contributed by atoms with Gasteiger partial charge < -0.3 is 11.1 Å². The summed E-state index contributed by atoms with van der Waals surface area (Å²) in [5.41, 5.74) is 7.02. The maximum absolute atomic E-state index is 11.9. The van der Waals surface area contributed by atoms with Gasteiger partial charge in [0.25, 0.3) is 0 Å². The van der Waals surface area contributed by atoms with E-state index >= 15 is 0 Å². The highest BCUT2D eigenvalue weighted by Crippen LogP contribution is 2.14. The Morgan fingerprint density at radius 2 is 1.84 bits per heavy atom. The molecule has 1 aromatic carbocycles. The van der Waals surface area contributed by atoms with E-state index in [9.17, 15) is 4.79 Å². The molecule has 0 radical (unpaired) electrons. The van der Waals surface area contributed by atoms with Crippen molar-refractivity contribution in [3.05, 3.63) is 35.9 Å². The first-order valence-corrected chi connectivity index (χ1v) is 6.64. The minimum atomic E-state index is -0.227. The van der Waals surface area contributed by atoms with Crippen molar-refractivity contribution in [3.8, 4) is 0 Å². The molecule has 1 amide bonds. The third kappa shape index (κ3) is 6.08. The molecule has 3 nitrogen and oxygen atoms in total. The van der Waals surface area contributed by atoms with Crippen LogP contribution in [0.15, 0.2) is 30.3 Å². The standard InChI is InChI=1S/C15H24N2O.ClH/c1-4-11(2)12(3)17-15(18)10-14(16)13-8-6-5-7-9-13;/h5-9,11-12,14H,4,10,16H2,1-3H3,(H,17,18);1H. The third-order valence-corrected chi connectivity index (χ3v) is 3.52. The van der Waals surface area contributed by atoms with Crippen molar-refractivity contribution < 1.29 is 4.79 Å². The van der Waals surface area contributed by atoms with Crippen LogP contribution >= 0.6 is 12.4 Å². The number of hydrogen-bond donors (Lipinski definition) is 2. The summed E-state index contributed by atoms with van der Waals surface area (Å²) in [4.78, 5) is 11.9. The molecule has 3 unspecified atom stereocenters. The highest BCUT2D eigenvalue weighted by atomic mass is 35.5. The summed E-state index contributed by atoms with van der Waals surface area (Å²) < 4.78 is 0. The van der Waals surface area contributed by atoms with Crippen molar-refractivity contribution in [2.24, 2.45) is 11.7 Å². The van der Waals surface area contributed by atoms with Crippen molar-refractivity contribution >= 4 is 18.3 Å². The Balaban J connectivity index is 0.00000324. The zero-order chi connectivity index (χ0) is 13.5. The minimum Gasteiger partial charge on any atom is -0.353 e. The molecule has 3 atom stereocenters. The van der Waals surface area contributed by atoms with Crippen LogP contribution in [0.1, 0.15) is 45.2 Å². The maximum Gasteiger partial charge on any atom is 0.222 e. The van der Waals surface area contributed by atoms with E-state index in [1.165, 1.54) is 0 Å². The molecule has 0 aliphatic heterocycles. The first-order valence-electron chi connectivity index (χ1n) is 6.64. The van der Waals surface area contributed by atoms with E-state index in [2.05, 4.69) is 19.2 Å². The number of amides is 1. The monoisotopic (exact) mass is 284 g/mol. The lowest BCUT2D eigenvalue weighted by Gasteiger charge is -2.21. The van der Waals surface area contributed by atoms with Crippen LogP contribution in [0.25, 0.3) is 0 Å². The number of carbonyl (C=O) groups excluding carboxylic acids is 1. The number of nitrogens with one attached hydrogen (secondary N) is 1. The first-order chi connectivity index (χ1) is 8.54. The van der Waals surface area contributed by atoms with Crippen LogP contribution < -0.4 is 11.1 Å². The summed E-state index contributed by atoms with van der Waals surface area (Å²) in [6.45, 7) is 6.31. The summed E-state index contributed by atoms with van der Waals surface area (Å²) in [7, 11) is 0. The fraction of sp³-hybridized carbons (Fsp3) is 0.533. The van der Waals surface area contributed by atoms with Crippen LogP contribution in [-0.4, -0.2) is 11.9 Å². The van der Waals surface area contributed by atoms with Gasteiger partial charge >= 0.3 is 0 Å². The molecular weight excluding hydrogens is 260 g/mol. The van der Waals surface area contributed by atoms with E-state index in [-0.39, 0.29) is 30.4 Å². The van der Waals surface area contributed by atoms with Gasteiger partial charge in [-0.2, -0.15) is 0 Å². The summed E-state index contributed by atoms with van der Waals surface area (Å²) in [5, 5.41) is 3.01. The van der Waals surface area contributed by atoms with Crippen LogP contribution in [0.4, 0.5) is 0 Å². The lowest BCUT2D eigenvalue weighted by molar-refractivity contribution is -0.122. The fourth-order valence-corrected chi connectivity index (χ4v) is 1.83. The molecule has 0 saturated heterocycles. The number of halogens is 1. The minimum absolute atomic E-state index is 0. The Labute approximate surface area is 122 Å². The first kappa shape index (κ1) is 17.9. The number of nitrogens with two attached hydrogens (primary N) is 1. The third-order valence-electron chi connectivity index (χ3n) is 3.52. The van der Waals surface area contributed by atoms with Gasteiger partial charge in [-0.15, -0.1) is 12.4 Å². The molecule has 3 N–H and O–H groups in total. The molecule has 0 saturated carbocycles. The molecule has 19 heavy (non-hydrogen) atoms. The van der Waals surface area contributed by atoms with Gasteiger partial charge in [-0.3, -0.25) is 4.79 Å². The topological polar surface area (TPSA) is 55.1 Å². The van der Waals surface area contributed by atoms with Gasteiger partial charge in [0, 0.05) is 18.5 Å². The van der Waals surface area contributed by atoms with E-state index in [0.717, 1.165) is 12.0 Å². The van der Waals surface area contributed by atoms with E-state index in [1.54, 1.807) is 0 Å². The number of benzene rings is 1. The smallest absolute Gasteiger partial charge is 0.222 e. The molecule has 0 fully saturated rings. The Morgan fingerprint density at radius 1 is 1.26 bits per heavy atom. The van der Waals surface area contributed by atoms with Crippen LogP contribution in [0, 0.1) is 5.92 Å². The highest BCUT2D eigenvalue weighted by molar-refractivity contribution is 5.85.